The van der Waals surface area contributed by atoms with E-state index in [0.29, 0.717) is 0 Å². The van der Waals surface area contributed by atoms with Crippen molar-refractivity contribution in [1.82, 2.24) is 5.32 Å². The van der Waals surface area contributed by atoms with Crippen molar-refractivity contribution in [2.45, 2.75) is 13.0 Å². The van der Waals surface area contributed by atoms with Gasteiger partial charge >= 0.3 is 0 Å². The normalized spacial score (nSPS) is 12.0. The summed E-state index contributed by atoms with van der Waals surface area (Å²) in [7, 11) is 3.30. The highest BCUT2D eigenvalue weighted by Gasteiger charge is 2.20. The number of nitrogens with one attached hydrogen (secondary N) is 1. The zero-order chi connectivity index (χ0) is 15.2. The van der Waals surface area contributed by atoms with Crippen LogP contribution >= 0.6 is 11.6 Å². The van der Waals surface area contributed by atoms with Gasteiger partial charge in [0.15, 0.2) is 0 Å². The van der Waals surface area contributed by atoms with E-state index in [0.717, 1.165) is 34.2 Å². The van der Waals surface area contributed by atoms with E-state index in [1.165, 1.54) is 0 Å². The third kappa shape index (κ3) is 3.49. The molecular weight excluding hydrogens is 286 g/mol. The molecule has 0 saturated heterocycles. The van der Waals surface area contributed by atoms with Crippen LogP contribution in [-0.2, 0) is 0 Å². The summed E-state index contributed by atoms with van der Waals surface area (Å²) in [6, 6.07) is 13.6. The van der Waals surface area contributed by atoms with Crippen LogP contribution in [0.2, 0.25) is 5.02 Å². The Morgan fingerprint density at radius 3 is 2.43 bits per heavy atom. The minimum atomic E-state index is -0.0236. The minimum Gasteiger partial charge on any atom is -0.497 e. The van der Waals surface area contributed by atoms with Gasteiger partial charge in [-0.3, -0.25) is 0 Å². The smallest absolute Gasteiger partial charge is 0.127 e. The third-order valence-corrected chi connectivity index (χ3v) is 3.72. The molecule has 2 aromatic rings. The lowest BCUT2D eigenvalue weighted by atomic mass is 9.97. The first-order valence-corrected chi connectivity index (χ1v) is 7.28. The molecule has 0 heterocycles. The molecule has 0 radical (unpaired) electrons. The van der Waals surface area contributed by atoms with E-state index < -0.39 is 0 Å². The third-order valence-electron chi connectivity index (χ3n) is 3.38. The first kappa shape index (κ1) is 15.7. The van der Waals surface area contributed by atoms with Crippen molar-refractivity contribution >= 4 is 11.6 Å². The molecule has 4 heteroatoms. The average Bonchev–Trinajstić information content (AvgIpc) is 2.53. The van der Waals surface area contributed by atoms with Gasteiger partial charge in [0.05, 0.1) is 20.3 Å². The second-order valence-corrected chi connectivity index (χ2v) is 5.03. The van der Waals surface area contributed by atoms with Crippen LogP contribution in [0, 0.1) is 0 Å². The molecule has 2 rings (SSSR count). The van der Waals surface area contributed by atoms with Crippen molar-refractivity contribution < 1.29 is 9.47 Å². The van der Waals surface area contributed by atoms with E-state index in [4.69, 9.17) is 21.1 Å². The fourth-order valence-corrected chi connectivity index (χ4v) is 2.60. The quantitative estimate of drug-likeness (QED) is 0.873. The molecule has 3 nitrogen and oxygen atoms in total. The lowest BCUT2D eigenvalue weighted by molar-refractivity contribution is 0.387. The number of hydrogen-bond acceptors (Lipinski definition) is 3. The summed E-state index contributed by atoms with van der Waals surface area (Å²) in [5, 5.41) is 4.20. The van der Waals surface area contributed by atoms with Crippen LogP contribution in [0.3, 0.4) is 0 Å². The number of halogens is 1. The maximum atomic E-state index is 6.35. The van der Waals surface area contributed by atoms with E-state index in [2.05, 4.69) is 12.2 Å². The Balaban J connectivity index is 2.50. The summed E-state index contributed by atoms with van der Waals surface area (Å²) in [6.45, 7) is 2.89. The van der Waals surface area contributed by atoms with Gasteiger partial charge in [-0.25, -0.2) is 0 Å². The molecule has 0 bridgehead atoms. The standard InChI is InChI=1S/C17H20ClNO2/c1-4-19-17(13-7-5-6-8-15(13)18)14-10-9-12(20-2)11-16(14)21-3/h5-11,17,19H,4H2,1-3H3. The van der Waals surface area contributed by atoms with Crippen LogP contribution in [0.5, 0.6) is 11.5 Å². The van der Waals surface area contributed by atoms with Crippen LogP contribution < -0.4 is 14.8 Å². The molecule has 21 heavy (non-hydrogen) atoms. The Hall–Kier alpha value is -1.71. The molecule has 0 aliphatic heterocycles. The van der Waals surface area contributed by atoms with Gasteiger partial charge in [0.25, 0.3) is 0 Å². The predicted molar refractivity (Wildman–Crippen MR) is 86.5 cm³/mol. The summed E-state index contributed by atoms with van der Waals surface area (Å²) in [5.41, 5.74) is 2.07. The molecule has 0 aromatic heterocycles. The van der Waals surface area contributed by atoms with E-state index in [9.17, 15) is 0 Å². The number of ether oxygens (including phenoxy) is 2. The monoisotopic (exact) mass is 305 g/mol. The molecule has 2 aromatic carbocycles. The highest BCUT2D eigenvalue weighted by atomic mass is 35.5. The number of rotatable bonds is 6. The highest BCUT2D eigenvalue weighted by Crippen LogP contribution is 2.35. The Morgan fingerprint density at radius 2 is 1.81 bits per heavy atom. The molecule has 0 aliphatic carbocycles. The van der Waals surface area contributed by atoms with Gasteiger partial charge in [0.2, 0.25) is 0 Å². The van der Waals surface area contributed by atoms with Crippen LogP contribution in [0.15, 0.2) is 42.5 Å². The zero-order valence-electron chi connectivity index (χ0n) is 12.5. The fourth-order valence-electron chi connectivity index (χ4n) is 2.36. The predicted octanol–water partition coefficient (Wildman–Crippen LogP) is 4.06. The molecule has 1 atom stereocenters. The summed E-state index contributed by atoms with van der Waals surface area (Å²) in [5.74, 6) is 1.55. The molecule has 0 spiro atoms. The topological polar surface area (TPSA) is 30.5 Å². The van der Waals surface area contributed by atoms with Gasteiger partial charge < -0.3 is 14.8 Å². The van der Waals surface area contributed by atoms with Gasteiger partial charge in [0.1, 0.15) is 11.5 Å². The lowest BCUT2D eigenvalue weighted by Crippen LogP contribution is -2.22. The Morgan fingerprint density at radius 1 is 1.05 bits per heavy atom. The molecule has 0 amide bonds. The first-order valence-electron chi connectivity index (χ1n) is 6.91. The van der Waals surface area contributed by atoms with Crippen molar-refractivity contribution in [1.29, 1.82) is 0 Å². The van der Waals surface area contributed by atoms with E-state index >= 15 is 0 Å². The van der Waals surface area contributed by atoms with Crippen molar-refractivity contribution in [3.05, 3.63) is 58.6 Å². The first-order chi connectivity index (χ1) is 10.2. The number of benzene rings is 2. The van der Waals surface area contributed by atoms with Gasteiger partial charge in [-0.15, -0.1) is 0 Å². The highest BCUT2D eigenvalue weighted by molar-refractivity contribution is 6.31. The Kier molecular flexibility index (Phi) is 5.48. The lowest BCUT2D eigenvalue weighted by Gasteiger charge is -2.22. The zero-order valence-corrected chi connectivity index (χ0v) is 13.3. The summed E-state index contributed by atoms with van der Waals surface area (Å²) >= 11 is 6.35. The Bertz CT molecular complexity index is 601. The second-order valence-electron chi connectivity index (χ2n) is 4.62. The summed E-state index contributed by atoms with van der Waals surface area (Å²) in [6.07, 6.45) is 0. The molecule has 0 saturated carbocycles. The molecule has 112 valence electrons. The van der Waals surface area contributed by atoms with Gasteiger partial charge in [-0.1, -0.05) is 36.7 Å². The van der Waals surface area contributed by atoms with Crippen LogP contribution in [0.25, 0.3) is 0 Å². The second kappa shape index (κ2) is 7.34. The maximum Gasteiger partial charge on any atom is 0.127 e. The number of hydrogen-bond donors (Lipinski definition) is 1. The van der Waals surface area contributed by atoms with Crippen molar-refractivity contribution in [2.75, 3.05) is 20.8 Å². The number of methoxy groups -OCH3 is 2. The van der Waals surface area contributed by atoms with E-state index in [1.807, 2.05) is 42.5 Å². The average molecular weight is 306 g/mol. The van der Waals surface area contributed by atoms with E-state index in [1.54, 1.807) is 14.2 Å². The van der Waals surface area contributed by atoms with Crippen molar-refractivity contribution in [3.8, 4) is 11.5 Å². The van der Waals surface area contributed by atoms with Gasteiger partial charge in [0, 0.05) is 16.7 Å². The van der Waals surface area contributed by atoms with Gasteiger partial charge in [-0.05, 0) is 30.3 Å². The fraction of sp³-hybridized carbons (Fsp3) is 0.294. The van der Waals surface area contributed by atoms with Crippen molar-refractivity contribution in [3.63, 3.8) is 0 Å². The van der Waals surface area contributed by atoms with E-state index in [-0.39, 0.29) is 6.04 Å². The molecule has 0 fully saturated rings. The molecule has 1 N–H and O–H groups in total. The minimum absolute atomic E-state index is 0.0236. The molecule has 0 aliphatic rings. The van der Waals surface area contributed by atoms with Crippen LogP contribution in [0.4, 0.5) is 0 Å². The largest absolute Gasteiger partial charge is 0.497 e. The summed E-state index contributed by atoms with van der Waals surface area (Å²) < 4.78 is 10.8. The SMILES string of the molecule is CCNC(c1ccccc1Cl)c1ccc(OC)cc1OC. The summed E-state index contributed by atoms with van der Waals surface area (Å²) in [4.78, 5) is 0. The Labute approximate surface area is 130 Å². The van der Waals surface area contributed by atoms with Gasteiger partial charge in [-0.2, -0.15) is 0 Å². The van der Waals surface area contributed by atoms with Crippen LogP contribution in [0.1, 0.15) is 24.1 Å². The maximum absolute atomic E-state index is 6.35. The molecule has 1 unspecified atom stereocenters. The van der Waals surface area contributed by atoms with Crippen molar-refractivity contribution in [2.24, 2.45) is 0 Å². The van der Waals surface area contributed by atoms with Crippen LogP contribution in [-0.4, -0.2) is 20.8 Å². The molecular formula is C17H20ClNO2.